The molecule has 1 aliphatic carbocycles. The summed E-state index contributed by atoms with van der Waals surface area (Å²) in [4.78, 5) is 9.26. The standard InChI is InChI=1S/C23H28N4O2S/c28-21-4-2-1-3-18(21)26-23-27-19-6-5-16(14-22(19)30-23)29-17-9-12-25-20(13-17)15-7-10-24-11-8-15/h5-6,9,12-15,18,21,24,28H,1-4,7-8,10-11H2,(H,26,27)/t18-,21-/m1/s1. The molecule has 2 aromatic heterocycles. The second-order valence-electron chi connectivity index (χ2n) is 8.29. The van der Waals surface area contributed by atoms with Crippen LogP contribution < -0.4 is 15.4 Å². The van der Waals surface area contributed by atoms with E-state index in [9.17, 15) is 5.11 Å². The molecule has 6 nitrogen and oxygen atoms in total. The Morgan fingerprint density at radius 3 is 2.73 bits per heavy atom. The SMILES string of the molecule is O[C@@H]1CCCC[C@H]1Nc1nc2ccc(Oc3ccnc(C4CCNCC4)c3)cc2s1. The molecule has 5 rings (SSSR count). The lowest BCUT2D eigenvalue weighted by atomic mass is 9.93. The Labute approximate surface area is 180 Å². The first kappa shape index (κ1) is 19.7. The average Bonchev–Trinajstić information content (AvgIpc) is 3.18. The molecule has 2 atom stereocenters. The first-order valence-electron chi connectivity index (χ1n) is 10.9. The van der Waals surface area contributed by atoms with Gasteiger partial charge in [-0.3, -0.25) is 4.98 Å². The molecule has 1 aliphatic heterocycles. The van der Waals surface area contributed by atoms with Crippen molar-refractivity contribution in [3.63, 3.8) is 0 Å². The number of rotatable bonds is 5. The molecule has 1 saturated carbocycles. The molecule has 2 fully saturated rings. The van der Waals surface area contributed by atoms with Crippen LogP contribution in [0, 0.1) is 0 Å². The van der Waals surface area contributed by atoms with E-state index in [2.05, 4.69) is 26.7 Å². The minimum Gasteiger partial charge on any atom is -0.457 e. The summed E-state index contributed by atoms with van der Waals surface area (Å²) in [5, 5.41) is 17.9. The Hall–Kier alpha value is -2.22. The molecule has 7 heteroatoms. The monoisotopic (exact) mass is 424 g/mol. The van der Waals surface area contributed by atoms with Gasteiger partial charge >= 0.3 is 0 Å². The van der Waals surface area contributed by atoms with Crippen LogP contribution in [0.15, 0.2) is 36.5 Å². The van der Waals surface area contributed by atoms with Crippen LogP contribution in [0.4, 0.5) is 5.13 Å². The highest BCUT2D eigenvalue weighted by Crippen LogP contribution is 2.33. The van der Waals surface area contributed by atoms with Gasteiger partial charge in [0.25, 0.3) is 0 Å². The molecule has 0 bridgehead atoms. The largest absolute Gasteiger partial charge is 0.457 e. The van der Waals surface area contributed by atoms with Crippen LogP contribution in [0.1, 0.15) is 50.1 Å². The Kier molecular flexibility index (Phi) is 5.84. The van der Waals surface area contributed by atoms with E-state index in [-0.39, 0.29) is 12.1 Å². The second kappa shape index (κ2) is 8.88. The Balaban J connectivity index is 1.30. The number of aliphatic hydroxyl groups is 1. The van der Waals surface area contributed by atoms with Crippen molar-refractivity contribution in [2.24, 2.45) is 0 Å². The van der Waals surface area contributed by atoms with Crippen LogP contribution in [0.2, 0.25) is 0 Å². The molecular weight excluding hydrogens is 396 g/mol. The fourth-order valence-electron chi connectivity index (χ4n) is 4.44. The average molecular weight is 425 g/mol. The van der Waals surface area contributed by atoms with E-state index in [1.54, 1.807) is 11.3 Å². The highest BCUT2D eigenvalue weighted by atomic mass is 32.1. The number of benzene rings is 1. The maximum atomic E-state index is 10.2. The molecule has 30 heavy (non-hydrogen) atoms. The molecule has 3 aromatic rings. The summed E-state index contributed by atoms with van der Waals surface area (Å²) in [6, 6.07) is 10.1. The van der Waals surface area contributed by atoms with Gasteiger partial charge in [0.1, 0.15) is 11.5 Å². The van der Waals surface area contributed by atoms with Gasteiger partial charge in [0.15, 0.2) is 5.13 Å². The summed E-state index contributed by atoms with van der Waals surface area (Å²) in [5.41, 5.74) is 2.07. The van der Waals surface area contributed by atoms with E-state index in [0.29, 0.717) is 5.92 Å². The number of pyridine rings is 1. The smallest absolute Gasteiger partial charge is 0.184 e. The van der Waals surface area contributed by atoms with Gasteiger partial charge in [-0.2, -0.15) is 0 Å². The Morgan fingerprint density at radius 1 is 1.03 bits per heavy atom. The van der Waals surface area contributed by atoms with E-state index in [0.717, 1.165) is 84.2 Å². The summed E-state index contributed by atoms with van der Waals surface area (Å²) >= 11 is 1.61. The van der Waals surface area contributed by atoms with Crippen molar-refractivity contribution >= 4 is 26.7 Å². The van der Waals surface area contributed by atoms with Crippen molar-refractivity contribution in [1.29, 1.82) is 0 Å². The van der Waals surface area contributed by atoms with Gasteiger partial charge in [-0.15, -0.1) is 0 Å². The van der Waals surface area contributed by atoms with Crippen LogP contribution in [0.25, 0.3) is 10.2 Å². The predicted molar refractivity (Wildman–Crippen MR) is 121 cm³/mol. The van der Waals surface area contributed by atoms with Crippen LogP contribution >= 0.6 is 11.3 Å². The van der Waals surface area contributed by atoms with Gasteiger partial charge in [-0.05, 0) is 57.0 Å². The number of hydrogen-bond acceptors (Lipinski definition) is 7. The number of hydrogen-bond donors (Lipinski definition) is 3. The number of aliphatic hydroxyl groups excluding tert-OH is 1. The molecule has 0 amide bonds. The predicted octanol–water partition coefficient (Wildman–Crippen LogP) is 4.67. The lowest BCUT2D eigenvalue weighted by Crippen LogP contribution is -2.36. The zero-order chi connectivity index (χ0) is 20.3. The summed E-state index contributed by atoms with van der Waals surface area (Å²) in [5.74, 6) is 2.13. The van der Waals surface area contributed by atoms with Crippen molar-refractivity contribution < 1.29 is 9.84 Å². The molecule has 0 unspecified atom stereocenters. The third-order valence-corrected chi connectivity index (χ3v) is 7.09. The van der Waals surface area contributed by atoms with E-state index in [1.165, 1.54) is 0 Å². The molecule has 1 saturated heterocycles. The minimum absolute atomic E-state index is 0.0975. The lowest BCUT2D eigenvalue weighted by molar-refractivity contribution is 0.116. The molecule has 158 valence electrons. The number of anilines is 1. The second-order valence-corrected chi connectivity index (χ2v) is 9.32. The molecule has 3 N–H and O–H groups in total. The number of nitrogens with one attached hydrogen (secondary N) is 2. The van der Waals surface area contributed by atoms with Crippen LogP contribution in [-0.2, 0) is 0 Å². The zero-order valence-electron chi connectivity index (χ0n) is 17.0. The van der Waals surface area contributed by atoms with Gasteiger partial charge in [0.05, 0.1) is 22.4 Å². The molecule has 1 aromatic carbocycles. The van der Waals surface area contributed by atoms with E-state index < -0.39 is 0 Å². The van der Waals surface area contributed by atoms with Crippen LogP contribution in [0.5, 0.6) is 11.5 Å². The normalized spacial score (nSPS) is 22.8. The van der Waals surface area contributed by atoms with Crippen molar-refractivity contribution in [2.45, 2.75) is 56.6 Å². The molecular formula is C23H28N4O2S. The number of nitrogens with zero attached hydrogens (tertiary/aromatic N) is 2. The van der Waals surface area contributed by atoms with Crippen molar-refractivity contribution in [3.05, 3.63) is 42.2 Å². The van der Waals surface area contributed by atoms with Crippen molar-refractivity contribution in [2.75, 3.05) is 18.4 Å². The summed E-state index contributed by atoms with van der Waals surface area (Å²) in [6.07, 6.45) is 7.92. The number of thiazole rings is 1. The molecule has 3 heterocycles. The maximum Gasteiger partial charge on any atom is 0.184 e. The van der Waals surface area contributed by atoms with Gasteiger partial charge < -0.3 is 20.5 Å². The van der Waals surface area contributed by atoms with E-state index >= 15 is 0 Å². The van der Waals surface area contributed by atoms with Crippen molar-refractivity contribution in [1.82, 2.24) is 15.3 Å². The minimum atomic E-state index is -0.287. The number of fused-ring (bicyclic) bond motifs is 1. The van der Waals surface area contributed by atoms with Gasteiger partial charge in [-0.1, -0.05) is 24.2 Å². The Bertz CT molecular complexity index is 1000. The van der Waals surface area contributed by atoms with Gasteiger partial charge in [0, 0.05) is 29.9 Å². The lowest BCUT2D eigenvalue weighted by Gasteiger charge is -2.27. The molecule has 0 spiro atoms. The highest BCUT2D eigenvalue weighted by Gasteiger charge is 2.23. The third kappa shape index (κ3) is 4.43. The molecule has 2 aliphatic rings. The highest BCUT2D eigenvalue weighted by molar-refractivity contribution is 7.22. The van der Waals surface area contributed by atoms with Gasteiger partial charge in [-0.25, -0.2) is 4.98 Å². The van der Waals surface area contributed by atoms with Gasteiger partial charge in [0.2, 0.25) is 0 Å². The summed E-state index contributed by atoms with van der Waals surface area (Å²) in [7, 11) is 0. The number of piperidine rings is 1. The van der Waals surface area contributed by atoms with E-state index in [1.807, 2.05) is 30.5 Å². The summed E-state index contributed by atoms with van der Waals surface area (Å²) in [6.45, 7) is 2.10. The maximum absolute atomic E-state index is 10.2. The fraction of sp³-hybridized carbons (Fsp3) is 0.478. The zero-order valence-corrected chi connectivity index (χ0v) is 17.8. The number of ether oxygens (including phenoxy) is 1. The topological polar surface area (TPSA) is 79.3 Å². The fourth-order valence-corrected chi connectivity index (χ4v) is 5.39. The number of aromatic nitrogens is 2. The molecule has 0 radical (unpaired) electrons. The van der Waals surface area contributed by atoms with Crippen molar-refractivity contribution in [3.8, 4) is 11.5 Å². The van der Waals surface area contributed by atoms with Crippen LogP contribution in [0.3, 0.4) is 0 Å². The summed E-state index contributed by atoms with van der Waals surface area (Å²) < 4.78 is 7.23. The van der Waals surface area contributed by atoms with Crippen LogP contribution in [-0.4, -0.2) is 40.3 Å². The third-order valence-electron chi connectivity index (χ3n) is 6.14. The first-order valence-corrected chi connectivity index (χ1v) is 11.8. The Morgan fingerprint density at radius 2 is 1.87 bits per heavy atom. The van der Waals surface area contributed by atoms with E-state index in [4.69, 9.17) is 4.74 Å². The quantitative estimate of drug-likeness (QED) is 0.553. The first-order chi connectivity index (χ1) is 14.7.